The number of hydrogen-bond acceptors (Lipinski definition) is 4. The first-order valence-electron chi connectivity index (χ1n) is 16.5. The van der Waals surface area contributed by atoms with E-state index in [1.165, 1.54) is 34.4 Å². The van der Waals surface area contributed by atoms with Gasteiger partial charge in [0.05, 0.1) is 14.2 Å². The molecule has 1 amide bonds. The molecule has 1 unspecified atom stereocenters. The molecule has 0 spiro atoms. The Balaban J connectivity index is 1.26. The highest BCUT2D eigenvalue weighted by molar-refractivity contribution is 5.76. The van der Waals surface area contributed by atoms with Crippen LogP contribution in [0.15, 0.2) is 97.1 Å². The predicted molar refractivity (Wildman–Crippen MR) is 183 cm³/mol. The minimum Gasteiger partial charge on any atom is -0.493 e. The number of fused-ring (bicyclic) bond motifs is 1. The molecule has 242 valence electrons. The number of nitrogens with zero attached hydrogens (tertiary/aromatic N) is 1. The molecule has 0 aliphatic carbocycles. The van der Waals surface area contributed by atoms with Crippen LogP contribution in [0, 0.1) is 5.82 Å². The number of hydrogen-bond donors (Lipinski definition) is 1. The first-order valence-corrected chi connectivity index (χ1v) is 16.5. The van der Waals surface area contributed by atoms with Gasteiger partial charge in [-0.2, -0.15) is 0 Å². The lowest BCUT2D eigenvalue weighted by molar-refractivity contribution is -0.121. The van der Waals surface area contributed by atoms with E-state index in [-0.39, 0.29) is 17.1 Å². The lowest BCUT2D eigenvalue weighted by Crippen LogP contribution is -2.40. The fourth-order valence-corrected chi connectivity index (χ4v) is 7.00. The normalized spacial score (nSPS) is 14.8. The van der Waals surface area contributed by atoms with Crippen LogP contribution in [-0.2, 0) is 29.6 Å². The molecule has 4 aromatic rings. The predicted octanol–water partition coefficient (Wildman–Crippen LogP) is 7.89. The van der Waals surface area contributed by atoms with Gasteiger partial charge in [-0.3, -0.25) is 9.69 Å². The van der Waals surface area contributed by atoms with Crippen molar-refractivity contribution in [2.75, 3.05) is 27.3 Å². The quantitative estimate of drug-likeness (QED) is 0.137. The van der Waals surface area contributed by atoms with Crippen LogP contribution in [0.3, 0.4) is 0 Å². The summed E-state index contributed by atoms with van der Waals surface area (Å²) in [6.07, 6.45) is 5.81. The second-order valence-corrected chi connectivity index (χ2v) is 12.5. The molecule has 0 aromatic heterocycles. The van der Waals surface area contributed by atoms with Gasteiger partial charge in [0.1, 0.15) is 5.82 Å². The Hall–Kier alpha value is -4.16. The van der Waals surface area contributed by atoms with Gasteiger partial charge < -0.3 is 14.8 Å². The second kappa shape index (κ2) is 15.9. The van der Waals surface area contributed by atoms with Crippen molar-refractivity contribution in [2.24, 2.45) is 0 Å². The van der Waals surface area contributed by atoms with E-state index in [9.17, 15) is 9.18 Å². The molecular formula is C40H47FN2O3. The van der Waals surface area contributed by atoms with E-state index in [0.29, 0.717) is 25.4 Å². The van der Waals surface area contributed by atoms with Crippen molar-refractivity contribution in [3.8, 4) is 11.5 Å². The van der Waals surface area contributed by atoms with Gasteiger partial charge in [-0.05, 0) is 104 Å². The molecule has 5 rings (SSSR count). The van der Waals surface area contributed by atoms with Gasteiger partial charge in [-0.25, -0.2) is 4.39 Å². The summed E-state index contributed by atoms with van der Waals surface area (Å²) in [5.41, 5.74) is 6.08. The van der Waals surface area contributed by atoms with Crippen LogP contribution in [0.1, 0.15) is 66.8 Å². The van der Waals surface area contributed by atoms with Gasteiger partial charge in [0.15, 0.2) is 11.5 Å². The van der Waals surface area contributed by atoms with Crippen molar-refractivity contribution in [1.82, 2.24) is 10.2 Å². The fraction of sp³-hybridized carbons (Fsp3) is 0.375. The number of aryl methyl sites for hydroxylation is 1. The molecule has 6 heteroatoms. The third-order valence-corrected chi connectivity index (χ3v) is 9.58. The number of halogens is 1. The maximum atomic E-state index is 13.2. The highest BCUT2D eigenvalue weighted by Crippen LogP contribution is 2.41. The van der Waals surface area contributed by atoms with E-state index in [2.05, 4.69) is 89.9 Å². The average molecular weight is 623 g/mol. The smallest absolute Gasteiger partial charge is 0.220 e. The maximum absolute atomic E-state index is 13.2. The first-order chi connectivity index (χ1) is 22.4. The summed E-state index contributed by atoms with van der Waals surface area (Å²) in [7, 11) is 3.39. The largest absolute Gasteiger partial charge is 0.493 e. The zero-order valence-corrected chi connectivity index (χ0v) is 27.4. The molecule has 1 N–H and O–H groups in total. The molecule has 5 nitrogen and oxygen atoms in total. The van der Waals surface area contributed by atoms with Gasteiger partial charge in [-0.15, -0.1) is 0 Å². The number of nitrogens with one attached hydrogen (secondary N) is 1. The summed E-state index contributed by atoms with van der Waals surface area (Å²) < 4.78 is 24.4. The summed E-state index contributed by atoms with van der Waals surface area (Å²) in [6, 6.07) is 32.8. The number of rotatable bonds is 15. The molecular weight excluding hydrogens is 575 g/mol. The van der Waals surface area contributed by atoms with Crippen LogP contribution in [-0.4, -0.2) is 44.2 Å². The molecule has 1 aliphatic rings. The van der Waals surface area contributed by atoms with E-state index in [1.54, 1.807) is 26.4 Å². The second-order valence-electron chi connectivity index (χ2n) is 12.5. The van der Waals surface area contributed by atoms with Gasteiger partial charge >= 0.3 is 0 Å². The van der Waals surface area contributed by atoms with Crippen LogP contribution in [0.4, 0.5) is 4.39 Å². The molecule has 0 bridgehead atoms. The summed E-state index contributed by atoms with van der Waals surface area (Å²) >= 11 is 0. The minimum atomic E-state index is -0.258. The van der Waals surface area contributed by atoms with Gasteiger partial charge in [0, 0.05) is 31.0 Å². The summed E-state index contributed by atoms with van der Waals surface area (Å²) in [5.74, 6) is 1.35. The molecule has 1 atom stereocenters. The maximum Gasteiger partial charge on any atom is 0.220 e. The highest BCUT2D eigenvalue weighted by Gasteiger charge is 2.34. The number of amides is 1. The van der Waals surface area contributed by atoms with Gasteiger partial charge in [-0.1, -0.05) is 72.8 Å². The summed E-state index contributed by atoms with van der Waals surface area (Å²) in [4.78, 5) is 15.3. The zero-order chi connectivity index (χ0) is 32.4. The Morgan fingerprint density at radius 3 is 2.04 bits per heavy atom. The van der Waals surface area contributed by atoms with Crippen LogP contribution in [0.5, 0.6) is 11.5 Å². The molecule has 46 heavy (non-hydrogen) atoms. The van der Waals surface area contributed by atoms with Gasteiger partial charge in [0.25, 0.3) is 0 Å². The lowest BCUT2D eigenvalue weighted by Gasteiger charge is -2.38. The van der Waals surface area contributed by atoms with E-state index in [1.807, 2.05) is 0 Å². The van der Waals surface area contributed by atoms with Gasteiger partial charge in [0.2, 0.25) is 5.91 Å². The number of carbonyl (C=O) groups is 1. The average Bonchev–Trinajstić information content (AvgIpc) is 3.09. The first kappa shape index (κ1) is 33.2. The Kier molecular flexibility index (Phi) is 11.5. The Morgan fingerprint density at radius 1 is 0.848 bits per heavy atom. The lowest BCUT2D eigenvalue weighted by atomic mass is 9.68. The number of ether oxygens (including phenoxy) is 2. The van der Waals surface area contributed by atoms with Crippen molar-refractivity contribution >= 4 is 5.91 Å². The fourth-order valence-electron chi connectivity index (χ4n) is 7.00. The molecule has 1 heterocycles. The third kappa shape index (κ3) is 8.16. The van der Waals surface area contributed by atoms with Crippen molar-refractivity contribution in [3.63, 3.8) is 0 Å². The molecule has 0 fully saturated rings. The standard InChI is InChI=1S/C40H47FN2O3/c1-30-26-32-27-37(45-2)38(46-3)28-33(32)29-43(30)25-11-23-40(34-12-6-4-7-13-34,35-14-8-5-9-15-35)22-10-24-42-39(44)21-18-31-16-19-36(41)20-17-31/h4-9,12-17,19-20,27-28,30H,10-11,18,21-26,29H2,1-3H3,(H,42,44). The summed E-state index contributed by atoms with van der Waals surface area (Å²) in [6.45, 7) is 4.83. The molecule has 0 saturated carbocycles. The third-order valence-electron chi connectivity index (χ3n) is 9.58. The topological polar surface area (TPSA) is 50.8 Å². The Labute approximate surface area is 273 Å². The SMILES string of the molecule is COc1cc2c(cc1OC)CN(CCCC(CCCNC(=O)CCc1ccc(F)cc1)(c1ccccc1)c1ccccc1)C(C)C2. The monoisotopic (exact) mass is 622 g/mol. The highest BCUT2D eigenvalue weighted by atomic mass is 19.1. The van der Waals surface area contributed by atoms with Crippen molar-refractivity contribution < 1.29 is 18.7 Å². The van der Waals surface area contributed by atoms with Crippen LogP contribution in [0.2, 0.25) is 0 Å². The molecule has 0 saturated heterocycles. The van der Waals surface area contributed by atoms with Crippen LogP contribution in [0.25, 0.3) is 0 Å². The summed E-state index contributed by atoms with van der Waals surface area (Å²) in [5, 5.41) is 3.14. The van der Waals surface area contributed by atoms with Crippen molar-refractivity contribution in [3.05, 3.63) is 131 Å². The Morgan fingerprint density at radius 2 is 1.43 bits per heavy atom. The van der Waals surface area contributed by atoms with E-state index in [4.69, 9.17) is 9.47 Å². The molecule has 4 aromatic carbocycles. The van der Waals surface area contributed by atoms with Crippen molar-refractivity contribution in [1.29, 1.82) is 0 Å². The number of benzene rings is 4. The number of methoxy groups -OCH3 is 2. The molecule has 1 aliphatic heterocycles. The minimum absolute atomic E-state index is 0.0305. The molecule has 0 radical (unpaired) electrons. The zero-order valence-electron chi connectivity index (χ0n) is 27.4. The van der Waals surface area contributed by atoms with Crippen molar-refractivity contribution in [2.45, 2.75) is 69.9 Å². The van der Waals surface area contributed by atoms with E-state index >= 15 is 0 Å². The van der Waals surface area contributed by atoms with Crippen LogP contribution < -0.4 is 14.8 Å². The van der Waals surface area contributed by atoms with E-state index < -0.39 is 0 Å². The Bertz CT molecular complexity index is 1500. The van der Waals surface area contributed by atoms with E-state index in [0.717, 1.165) is 62.3 Å². The van der Waals surface area contributed by atoms with Crippen LogP contribution >= 0.6 is 0 Å². The number of carbonyl (C=O) groups excluding carboxylic acids is 1.